The number of H-pyrrole nitrogens is 1. The van der Waals surface area contributed by atoms with Crippen molar-refractivity contribution in [1.82, 2.24) is 4.98 Å². The first kappa shape index (κ1) is 11.4. The molecule has 17 heavy (non-hydrogen) atoms. The molecule has 0 saturated carbocycles. The van der Waals surface area contributed by atoms with Gasteiger partial charge in [0.1, 0.15) is 5.41 Å². The molecule has 0 bridgehead atoms. The highest BCUT2D eigenvalue weighted by Gasteiger charge is 2.37. The molecule has 2 N–H and O–H groups in total. The number of rotatable bonds is 3. The van der Waals surface area contributed by atoms with E-state index >= 15 is 0 Å². The van der Waals surface area contributed by atoms with Crippen LogP contribution < -0.4 is 0 Å². The predicted molar refractivity (Wildman–Crippen MR) is 64.0 cm³/mol. The van der Waals surface area contributed by atoms with Gasteiger partial charge in [0.2, 0.25) is 0 Å². The number of aromatic nitrogens is 1. The Kier molecular flexibility index (Phi) is 2.50. The van der Waals surface area contributed by atoms with Crippen LogP contribution >= 0.6 is 0 Å². The summed E-state index contributed by atoms with van der Waals surface area (Å²) in [4.78, 5) is 26.2. The molecule has 0 fully saturated rings. The van der Waals surface area contributed by atoms with Crippen molar-refractivity contribution in [2.45, 2.75) is 13.8 Å². The average molecular weight is 231 g/mol. The topological polar surface area (TPSA) is 70.2 Å². The number of aliphatic carboxylic acids is 1. The molecule has 0 radical (unpaired) electrons. The van der Waals surface area contributed by atoms with Gasteiger partial charge in [-0.2, -0.15) is 0 Å². The third-order valence-electron chi connectivity index (χ3n) is 2.94. The van der Waals surface area contributed by atoms with E-state index in [1.807, 2.05) is 18.2 Å². The summed E-state index contributed by atoms with van der Waals surface area (Å²) in [6.07, 6.45) is 1.57. The molecule has 0 saturated heterocycles. The number of carbonyl (C=O) groups excluding carboxylic acids is 1. The van der Waals surface area contributed by atoms with Gasteiger partial charge in [0.15, 0.2) is 5.78 Å². The van der Waals surface area contributed by atoms with Gasteiger partial charge in [-0.25, -0.2) is 0 Å². The Morgan fingerprint density at radius 1 is 1.24 bits per heavy atom. The molecule has 4 nitrogen and oxygen atoms in total. The third kappa shape index (κ3) is 1.71. The Labute approximate surface area is 98.3 Å². The Balaban J connectivity index is 2.55. The van der Waals surface area contributed by atoms with Crippen molar-refractivity contribution in [2.75, 3.05) is 0 Å². The molecule has 0 aliphatic carbocycles. The second kappa shape index (κ2) is 3.73. The van der Waals surface area contributed by atoms with Crippen molar-refractivity contribution in [1.29, 1.82) is 0 Å². The van der Waals surface area contributed by atoms with Gasteiger partial charge in [-0.05, 0) is 19.9 Å². The molecule has 2 rings (SSSR count). The highest BCUT2D eigenvalue weighted by molar-refractivity contribution is 6.17. The summed E-state index contributed by atoms with van der Waals surface area (Å²) in [6.45, 7) is 2.83. The molecular formula is C13H13NO3. The number of para-hydroxylation sites is 1. The van der Waals surface area contributed by atoms with E-state index in [-0.39, 0.29) is 5.78 Å². The number of Topliss-reactive ketones (excluding diaryl/α,β-unsaturated/α-hetero) is 1. The van der Waals surface area contributed by atoms with Crippen LogP contribution in [-0.2, 0) is 4.79 Å². The van der Waals surface area contributed by atoms with Crippen molar-refractivity contribution in [3.05, 3.63) is 36.0 Å². The number of hydrogen-bond acceptors (Lipinski definition) is 2. The lowest BCUT2D eigenvalue weighted by atomic mass is 9.84. The van der Waals surface area contributed by atoms with Gasteiger partial charge < -0.3 is 10.1 Å². The largest absolute Gasteiger partial charge is 0.481 e. The minimum absolute atomic E-state index is 0.387. The standard InChI is InChI=1S/C13H13NO3/c1-13(2,12(16)17)11(15)9-7-14-10-6-4-3-5-8(9)10/h3-7,14H,1-2H3,(H,16,17). The van der Waals surface area contributed by atoms with Crippen LogP contribution in [0.15, 0.2) is 30.5 Å². The lowest BCUT2D eigenvalue weighted by Crippen LogP contribution is -2.33. The van der Waals surface area contributed by atoms with E-state index < -0.39 is 11.4 Å². The number of carbonyl (C=O) groups is 2. The Morgan fingerprint density at radius 3 is 2.53 bits per heavy atom. The fourth-order valence-electron chi connectivity index (χ4n) is 1.69. The van der Waals surface area contributed by atoms with Gasteiger partial charge >= 0.3 is 5.97 Å². The number of aromatic amines is 1. The third-order valence-corrected chi connectivity index (χ3v) is 2.94. The number of carboxylic acids is 1. The maximum atomic E-state index is 12.2. The first-order valence-corrected chi connectivity index (χ1v) is 5.29. The zero-order valence-corrected chi connectivity index (χ0v) is 9.65. The first-order chi connectivity index (χ1) is 7.94. The maximum Gasteiger partial charge on any atom is 0.316 e. The monoisotopic (exact) mass is 231 g/mol. The second-order valence-corrected chi connectivity index (χ2v) is 4.51. The van der Waals surface area contributed by atoms with Crippen LogP contribution in [0.4, 0.5) is 0 Å². The average Bonchev–Trinajstić information content (AvgIpc) is 2.71. The van der Waals surface area contributed by atoms with Crippen LogP contribution in [0.3, 0.4) is 0 Å². The summed E-state index contributed by atoms with van der Waals surface area (Å²) >= 11 is 0. The minimum Gasteiger partial charge on any atom is -0.481 e. The molecule has 4 heteroatoms. The van der Waals surface area contributed by atoms with Crippen molar-refractivity contribution in [3.63, 3.8) is 0 Å². The van der Waals surface area contributed by atoms with E-state index in [1.165, 1.54) is 13.8 Å². The van der Waals surface area contributed by atoms with Crippen molar-refractivity contribution in [2.24, 2.45) is 5.41 Å². The quantitative estimate of drug-likeness (QED) is 0.629. The molecule has 1 heterocycles. The summed E-state index contributed by atoms with van der Waals surface area (Å²) in [5.41, 5.74) is -0.157. The Bertz CT molecular complexity index is 595. The van der Waals surface area contributed by atoms with E-state index in [0.717, 1.165) is 10.9 Å². The number of benzene rings is 1. The van der Waals surface area contributed by atoms with Crippen molar-refractivity contribution in [3.8, 4) is 0 Å². The van der Waals surface area contributed by atoms with E-state index in [0.29, 0.717) is 5.56 Å². The number of hydrogen-bond donors (Lipinski definition) is 2. The molecule has 1 aromatic heterocycles. The first-order valence-electron chi connectivity index (χ1n) is 5.29. The summed E-state index contributed by atoms with van der Waals surface area (Å²) < 4.78 is 0. The Hall–Kier alpha value is -2.10. The van der Waals surface area contributed by atoms with E-state index in [9.17, 15) is 9.59 Å². The van der Waals surface area contributed by atoms with Gasteiger partial charge in [-0.15, -0.1) is 0 Å². The number of ketones is 1. The van der Waals surface area contributed by atoms with Gasteiger partial charge in [-0.3, -0.25) is 9.59 Å². The highest BCUT2D eigenvalue weighted by atomic mass is 16.4. The van der Waals surface area contributed by atoms with Crippen LogP contribution in [0.25, 0.3) is 10.9 Å². The molecule has 0 aliphatic rings. The van der Waals surface area contributed by atoms with Gasteiger partial charge in [0, 0.05) is 22.7 Å². The van der Waals surface area contributed by atoms with E-state index in [4.69, 9.17) is 5.11 Å². The summed E-state index contributed by atoms with van der Waals surface area (Å²) in [5.74, 6) is -1.50. The summed E-state index contributed by atoms with van der Waals surface area (Å²) in [6, 6.07) is 7.33. The molecule has 0 amide bonds. The zero-order chi connectivity index (χ0) is 12.6. The van der Waals surface area contributed by atoms with Gasteiger partial charge in [0.05, 0.1) is 0 Å². The molecule has 88 valence electrons. The fraction of sp³-hybridized carbons (Fsp3) is 0.231. The van der Waals surface area contributed by atoms with Gasteiger partial charge in [0.25, 0.3) is 0 Å². The van der Waals surface area contributed by atoms with Crippen molar-refractivity contribution >= 4 is 22.7 Å². The van der Waals surface area contributed by atoms with Crippen LogP contribution in [0.5, 0.6) is 0 Å². The lowest BCUT2D eigenvalue weighted by molar-refractivity contribution is -0.144. The van der Waals surface area contributed by atoms with Crippen LogP contribution in [0.2, 0.25) is 0 Å². The number of nitrogens with one attached hydrogen (secondary N) is 1. The normalized spacial score (nSPS) is 11.6. The molecule has 1 aromatic carbocycles. The summed E-state index contributed by atoms with van der Waals surface area (Å²) in [7, 11) is 0. The minimum atomic E-state index is -1.41. The molecule has 0 unspecified atom stereocenters. The lowest BCUT2D eigenvalue weighted by Gasteiger charge is -2.16. The van der Waals surface area contributed by atoms with Crippen molar-refractivity contribution < 1.29 is 14.7 Å². The number of fused-ring (bicyclic) bond motifs is 1. The Morgan fingerprint density at radius 2 is 1.88 bits per heavy atom. The van der Waals surface area contributed by atoms with Crippen LogP contribution in [0.1, 0.15) is 24.2 Å². The molecule has 2 aromatic rings. The van der Waals surface area contributed by atoms with Crippen LogP contribution in [0, 0.1) is 5.41 Å². The second-order valence-electron chi connectivity index (χ2n) is 4.51. The van der Waals surface area contributed by atoms with E-state index in [1.54, 1.807) is 12.3 Å². The molecule has 0 aliphatic heterocycles. The highest BCUT2D eigenvalue weighted by Crippen LogP contribution is 2.27. The van der Waals surface area contributed by atoms with Gasteiger partial charge in [-0.1, -0.05) is 18.2 Å². The molecular weight excluding hydrogens is 218 g/mol. The molecule has 0 atom stereocenters. The molecule has 0 spiro atoms. The SMILES string of the molecule is CC(C)(C(=O)O)C(=O)c1c[nH]c2ccccc12. The maximum absolute atomic E-state index is 12.2. The zero-order valence-electron chi connectivity index (χ0n) is 9.65. The van der Waals surface area contributed by atoms with Crippen LogP contribution in [-0.4, -0.2) is 21.8 Å². The smallest absolute Gasteiger partial charge is 0.316 e. The predicted octanol–water partition coefficient (Wildman–Crippen LogP) is 2.46. The number of carboxylic acid groups (broad SMARTS) is 1. The fourth-order valence-corrected chi connectivity index (χ4v) is 1.69. The summed E-state index contributed by atoms with van der Waals surface area (Å²) in [5, 5.41) is 9.81. The van der Waals surface area contributed by atoms with E-state index in [2.05, 4.69) is 4.98 Å².